The number of hydrogen-bond acceptors (Lipinski definition) is 8. The van der Waals surface area contributed by atoms with Crippen LogP contribution >= 0.6 is 0 Å². The lowest BCUT2D eigenvalue weighted by Crippen LogP contribution is -2.02. The maximum Gasteiger partial charge on any atom is 0.293 e. The van der Waals surface area contributed by atoms with Crippen molar-refractivity contribution in [3.63, 3.8) is 0 Å². The van der Waals surface area contributed by atoms with Gasteiger partial charge in [-0.3, -0.25) is 9.58 Å². The highest BCUT2D eigenvalue weighted by molar-refractivity contribution is 7.85. The molecule has 0 spiro atoms. The molecular formula is C12H12BN5O4S. The van der Waals surface area contributed by atoms with Crippen LogP contribution in [0.4, 0.5) is 17.1 Å². The monoisotopic (exact) mass is 333 g/mol. The fraction of sp³-hybridized carbons (Fsp3) is 0.167. The molecule has 2 aromatic rings. The Bertz CT molecular complexity index is 927. The van der Waals surface area contributed by atoms with Crippen molar-refractivity contribution in [1.29, 1.82) is 0 Å². The van der Waals surface area contributed by atoms with Gasteiger partial charge in [-0.1, -0.05) is 6.07 Å². The molecule has 0 aliphatic rings. The third-order valence-electron chi connectivity index (χ3n) is 3.05. The minimum atomic E-state index is -4.35. The van der Waals surface area contributed by atoms with Gasteiger partial charge in [-0.2, -0.15) is 23.8 Å². The molecule has 118 valence electrons. The summed E-state index contributed by atoms with van der Waals surface area (Å²) in [6.45, 7) is 0. The van der Waals surface area contributed by atoms with Gasteiger partial charge >= 0.3 is 0 Å². The van der Waals surface area contributed by atoms with Gasteiger partial charge < -0.3 is 10.8 Å². The van der Waals surface area contributed by atoms with Crippen molar-refractivity contribution in [3.8, 4) is 5.75 Å². The fourth-order valence-electron chi connectivity index (χ4n) is 2.21. The summed E-state index contributed by atoms with van der Waals surface area (Å²) in [5, 5.41) is 25.1. The quantitative estimate of drug-likeness (QED) is 0.340. The lowest BCUT2D eigenvalue weighted by atomic mass is 10.0. The van der Waals surface area contributed by atoms with Gasteiger partial charge in [0.05, 0.1) is 11.1 Å². The third-order valence-corrected chi connectivity index (χ3v) is 3.73. The average molecular weight is 333 g/mol. The topological polar surface area (TPSA) is 150 Å². The van der Waals surface area contributed by atoms with Crippen molar-refractivity contribution in [2.75, 3.05) is 12.8 Å². The molecular weight excluding hydrogens is 321 g/mol. The van der Waals surface area contributed by atoms with E-state index in [2.05, 4.69) is 20.4 Å². The number of aromatic hydroxyl groups is 1. The van der Waals surface area contributed by atoms with Crippen molar-refractivity contribution < 1.29 is 18.1 Å². The SMILES string of the molecule is [B]N=Nc1c(CS(=O)(=O)O)cc2ccc(N=NC)c(N)c2c1O. The van der Waals surface area contributed by atoms with E-state index in [9.17, 15) is 13.5 Å². The first-order valence-electron chi connectivity index (χ1n) is 6.21. The van der Waals surface area contributed by atoms with Crippen molar-refractivity contribution in [2.45, 2.75) is 5.75 Å². The van der Waals surface area contributed by atoms with Crippen molar-refractivity contribution in [3.05, 3.63) is 23.8 Å². The largest absolute Gasteiger partial charge is 0.505 e. The lowest BCUT2D eigenvalue weighted by molar-refractivity contribution is 0.479. The minimum absolute atomic E-state index is 0.0240. The van der Waals surface area contributed by atoms with E-state index in [1.165, 1.54) is 13.1 Å². The lowest BCUT2D eigenvalue weighted by Gasteiger charge is -2.12. The van der Waals surface area contributed by atoms with Crippen LogP contribution in [0.3, 0.4) is 0 Å². The summed E-state index contributed by atoms with van der Waals surface area (Å²) < 4.78 is 31.3. The number of anilines is 1. The van der Waals surface area contributed by atoms with E-state index in [-0.39, 0.29) is 22.3 Å². The van der Waals surface area contributed by atoms with E-state index in [0.29, 0.717) is 11.1 Å². The number of nitrogens with zero attached hydrogens (tertiary/aromatic N) is 4. The van der Waals surface area contributed by atoms with Gasteiger partial charge in [0.2, 0.25) is 0 Å². The highest BCUT2D eigenvalue weighted by atomic mass is 32.2. The molecule has 2 rings (SSSR count). The van der Waals surface area contributed by atoms with Gasteiger partial charge in [0.25, 0.3) is 18.1 Å². The Labute approximate surface area is 133 Å². The molecule has 0 amide bonds. The van der Waals surface area contributed by atoms with E-state index in [1.54, 1.807) is 12.1 Å². The van der Waals surface area contributed by atoms with Crippen LogP contribution in [0.15, 0.2) is 38.6 Å². The van der Waals surface area contributed by atoms with E-state index in [4.69, 9.17) is 18.3 Å². The molecule has 0 atom stereocenters. The number of phenolic OH excluding ortho intramolecular Hbond substituents is 1. The fourth-order valence-corrected chi connectivity index (χ4v) is 2.82. The Morgan fingerprint density at radius 1 is 1.30 bits per heavy atom. The first kappa shape index (κ1) is 16.8. The number of azo groups is 1. The maximum absolute atomic E-state index is 11.1. The average Bonchev–Trinajstić information content (AvgIpc) is 2.44. The Morgan fingerprint density at radius 3 is 2.57 bits per heavy atom. The minimum Gasteiger partial charge on any atom is -0.505 e. The number of nitrogen functional groups attached to an aromatic ring is 1. The second-order valence-corrected chi connectivity index (χ2v) is 6.02. The van der Waals surface area contributed by atoms with Crippen LogP contribution < -0.4 is 5.73 Å². The van der Waals surface area contributed by atoms with E-state index >= 15 is 0 Å². The second-order valence-electron chi connectivity index (χ2n) is 4.57. The van der Waals surface area contributed by atoms with Crippen LogP contribution in [-0.4, -0.2) is 33.1 Å². The normalized spacial score (nSPS) is 12.6. The third kappa shape index (κ3) is 3.46. The molecule has 2 aromatic carbocycles. The standard InChI is InChI=1S/C12H12BN5O4S/c1-15-16-8-3-2-6-4-7(5-23(20,21)22)11(17-18-13)12(19)9(6)10(8)14/h2-4,19H,5,14H2,1H3,(H,20,21,22). The predicted octanol–water partition coefficient (Wildman–Crippen LogP) is 2.40. The molecule has 23 heavy (non-hydrogen) atoms. The molecule has 11 heteroatoms. The van der Waals surface area contributed by atoms with Gasteiger partial charge in [-0.25, -0.2) is 0 Å². The summed E-state index contributed by atoms with van der Waals surface area (Å²) in [5.74, 6) is -1.18. The summed E-state index contributed by atoms with van der Waals surface area (Å²) >= 11 is 0. The summed E-state index contributed by atoms with van der Waals surface area (Å²) in [6.07, 6.45) is 0. The molecule has 0 unspecified atom stereocenters. The van der Waals surface area contributed by atoms with Gasteiger partial charge in [-0.15, -0.1) is 0 Å². The Balaban J connectivity index is 2.86. The van der Waals surface area contributed by atoms with Crippen molar-refractivity contribution in [2.24, 2.45) is 20.4 Å². The van der Waals surface area contributed by atoms with Crippen LogP contribution in [0, 0.1) is 0 Å². The first-order valence-corrected chi connectivity index (χ1v) is 7.82. The molecule has 0 bridgehead atoms. The second kappa shape index (κ2) is 6.30. The molecule has 0 heterocycles. The van der Waals surface area contributed by atoms with Crippen LogP contribution in [-0.2, 0) is 15.9 Å². The number of fused-ring (bicyclic) bond motifs is 1. The Morgan fingerprint density at radius 2 is 2.00 bits per heavy atom. The highest BCUT2D eigenvalue weighted by Crippen LogP contribution is 2.44. The molecule has 4 N–H and O–H groups in total. The number of phenols is 1. The zero-order valence-corrected chi connectivity index (χ0v) is 12.8. The van der Waals surface area contributed by atoms with Crippen LogP contribution in [0.1, 0.15) is 5.56 Å². The smallest absolute Gasteiger partial charge is 0.293 e. The van der Waals surface area contributed by atoms with Crippen molar-refractivity contribution in [1.82, 2.24) is 0 Å². The van der Waals surface area contributed by atoms with Crippen LogP contribution in [0.2, 0.25) is 0 Å². The number of nitrogens with two attached hydrogens (primary N) is 1. The molecule has 0 aliphatic carbocycles. The van der Waals surface area contributed by atoms with Crippen molar-refractivity contribution >= 4 is 45.9 Å². The van der Waals surface area contributed by atoms with Gasteiger partial charge in [0, 0.05) is 12.6 Å². The van der Waals surface area contributed by atoms with E-state index in [0.717, 1.165) is 0 Å². The van der Waals surface area contributed by atoms with E-state index < -0.39 is 21.6 Å². The zero-order chi connectivity index (χ0) is 17.2. The Kier molecular flexibility index (Phi) is 4.61. The maximum atomic E-state index is 11.1. The van der Waals surface area contributed by atoms with Crippen LogP contribution in [0.5, 0.6) is 5.75 Å². The van der Waals surface area contributed by atoms with E-state index in [1.807, 2.05) is 0 Å². The summed E-state index contributed by atoms with van der Waals surface area (Å²) in [4.78, 5) is 0. The molecule has 0 saturated carbocycles. The highest BCUT2D eigenvalue weighted by Gasteiger charge is 2.19. The zero-order valence-electron chi connectivity index (χ0n) is 12.0. The van der Waals surface area contributed by atoms with Gasteiger partial charge in [-0.05, 0) is 17.5 Å². The molecule has 0 saturated heterocycles. The summed E-state index contributed by atoms with van der Waals surface area (Å²) in [7, 11) is 2.11. The van der Waals surface area contributed by atoms with Gasteiger partial charge in [0.1, 0.15) is 17.1 Å². The molecule has 2 radical (unpaired) electrons. The molecule has 0 aromatic heterocycles. The summed E-state index contributed by atoms with van der Waals surface area (Å²) in [6, 6.07) is 4.55. The predicted molar refractivity (Wildman–Crippen MR) is 86.0 cm³/mol. The molecule has 0 aliphatic heterocycles. The van der Waals surface area contributed by atoms with Crippen LogP contribution in [0.25, 0.3) is 10.8 Å². The van der Waals surface area contributed by atoms with Gasteiger partial charge in [0.15, 0.2) is 5.75 Å². The number of hydrogen-bond donors (Lipinski definition) is 3. The Hall–Kier alpha value is -2.53. The molecule has 0 fully saturated rings. The molecule has 9 nitrogen and oxygen atoms in total. The number of rotatable bonds is 4. The number of benzene rings is 2. The summed E-state index contributed by atoms with van der Waals surface area (Å²) in [5.41, 5.74) is 6.25. The first-order chi connectivity index (χ1) is 10.8.